The van der Waals surface area contributed by atoms with Gasteiger partial charge in [-0.05, 0) is 61.4 Å². The summed E-state index contributed by atoms with van der Waals surface area (Å²) in [4.78, 5) is 17.0. The fraction of sp³-hybridized carbons (Fsp3) is 0.375. The molecule has 1 saturated heterocycles. The molecular formula is C24H29ClN2O4. The molecule has 166 valence electrons. The van der Waals surface area contributed by atoms with Crippen molar-refractivity contribution >= 4 is 29.3 Å². The number of amides is 1. The van der Waals surface area contributed by atoms with Crippen molar-refractivity contribution < 1.29 is 19.0 Å². The number of nitrogens with zero attached hydrogens (tertiary/aromatic N) is 2. The largest absolute Gasteiger partial charge is 0.497 e. The average molecular weight is 445 g/mol. The van der Waals surface area contributed by atoms with Crippen molar-refractivity contribution in [3.63, 3.8) is 0 Å². The van der Waals surface area contributed by atoms with Crippen LogP contribution in [0, 0.1) is 0 Å². The molecule has 0 aromatic heterocycles. The van der Waals surface area contributed by atoms with E-state index in [-0.39, 0.29) is 5.91 Å². The summed E-state index contributed by atoms with van der Waals surface area (Å²) in [5, 5.41) is 0.457. The normalized spacial score (nSPS) is 14.5. The lowest BCUT2D eigenvalue weighted by molar-refractivity contribution is -0.125. The molecule has 3 rings (SSSR count). The fourth-order valence-electron chi connectivity index (χ4n) is 3.58. The Labute approximate surface area is 188 Å². The van der Waals surface area contributed by atoms with Crippen LogP contribution in [0.3, 0.4) is 0 Å². The topological polar surface area (TPSA) is 51.2 Å². The van der Waals surface area contributed by atoms with Gasteiger partial charge in [0.1, 0.15) is 5.75 Å². The average Bonchev–Trinajstić information content (AvgIpc) is 3.05. The molecule has 1 amide bonds. The highest BCUT2D eigenvalue weighted by molar-refractivity contribution is 6.32. The van der Waals surface area contributed by atoms with Crippen LogP contribution in [0.2, 0.25) is 5.02 Å². The quantitative estimate of drug-likeness (QED) is 0.588. The van der Waals surface area contributed by atoms with Crippen LogP contribution in [-0.4, -0.2) is 57.8 Å². The van der Waals surface area contributed by atoms with Gasteiger partial charge in [0.2, 0.25) is 5.91 Å². The lowest BCUT2D eigenvalue weighted by atomic mass is 10.1. The van der Waals surface area contributed by atoms with Crippen molar-refractivity contribution in [1.82, 2.24) is 4.90 Å². The molecule has 0 spiro atoms. The molecule has 7 heteroatoms. The monoisotopic (exact) mass is 444 g/mol. The molecule has 0 aliphatic carbocycles. The van der Waals surface area contributed by atoms with Crippen molar-refractivity contribution in [2.24, 2.45) is 0 Å². The van der Waals surface area contributed by atoms with Crippen molar-refractivity contribution in [2.75, 3.05) is 51.9 Å². The lowest BCUT2D eigenvalue weighted by Gasteiger charge is -2.23. The molecule has 0 saturated carbocycles. The minimum Gasteiger partial charge on any atom is -0.497 e. The third-order valence-electron chi connectivity index (χ3n) is 5.20. The van der Waals surface area contributed by atoms with E-state index in [0.29, 0.717) is 29.7 Å². The number of hydrogen-bond acceptors (Lipinski definition) is 5. The van der Waals surface area contributed by atoms with Crippen LogP contribution < -0.4 is 19.1 Å². The summed E-state index contributed by atoms with van der Waals surface area (Å²) in [5.74, 6) is 1.89. The van der Waals surface area contributed by atoms with E-state index in [0.717, 1.165) is 43.1 Å². The predicted octanol–water partition coefficient (Wildman–Crippen LogP) is 4.51. The number of benzene rings is 2. The Bertz CT molecular complexity index is 915. The van der Waals surface area contributed by atoms with Gasteiger partial charge in [-0.15, -0.1) is 0 Å². The first-order valence-electron chi connectivity index (χ1n) is 10.4. The van der Waals surface area contributed by atoms with E-state index >= 15 is 0 Å². The van der Waals surface area contributed by atoms with E-state index in [2.05, 4.69) is 17.0 Å². The van der Waals surface area contributed by atoms with Crippen molar-refractivity contribution in [1.29, 1.82) is 0 Å². The minimum absolute atomic E-state index is 0.0134. The Kier molecular flexibility index (Phi) is 8.06. The van der Waals surface area contributed by atoms with Gasteiger partial charge in [0.05, 0.1) is 25.8 Å². The van der Waals surface area contributed by atoms with Crippen LogP contribution in [0.5, 0.6) is 17.2 Å². The number of carbonyl (C=O) groups excluding carboxylic acids is 1. The zero-order chi connectivity index (χ0) is 22.2. The summed E-state index contributed by atoms with van der Waals surface area (Å²) in [6, 6.07) is 11.6. The summed E-state index contributed by atoms with van der Waals surface area (Å²) in [7, 11) is 3.23. The summed E-state index contributed by atoms with van der Waals surface area (Å²) in [6.45, 7) is 5.47. The van der Waals surface area contributed by atoms with Crippen molar-refractivity contribution in [3.8, 4) is 17.2 Å². The Morgan fingerprint density at radius 3 is 2.52 bits per heavy atom. The van der Waals surface area contributed by atoms with Crippen LogP contribution >= 0.6 is 11.6 Å². The van der Waals surface area contributed by atoms with Crippen LogP contribution in [0.15, 0.2) is 42.5 Å². The van der Waals surface area contributed by atoms with Gasteiger partial charge in [-0.3, -0.25) is 4.79 Å². The Morgan fingerprint density at radius 1 is 1.06 bits per heavy atom. The van der Waals surface area contributed by atoms with E-state index in [1.54, 1.807) is 32.4 Å². The SMILES string of the molecule is CCOc1c(Cl)cc(/C=C/C(=O)N2CCCN(c3ccc(OC)cc3)CC2)cc1OC. The molecule has 31 heavy (non-hydrogen) atoms. The zero-order valence-electron chi connectivity index (χ0n) is 18.3. The summed E-state index contributed by atoms with van der Waals surface area (Å²) < 4.78 is 16.1. The Morgan fingerprint density at radius 2 is 1.84 bits per heavy atom. The molecule has 1 aliphatic rings. The number of hydrogen-bond donors (Lipinski definition) is 0. The Hall–Kier alpha value is -2.86. The summed E-state index contributed by atoms with van der Waals surface area (Å²) >= 11 is 6.32. The van der Waals surface area contributed by atoms with Gasteiger partial charge in [-0.1, -0.05) is 11.6 Å². The van der Waals surface area contributed by atoms with Gasteiger partial charge < -0.3 is 24.0 Å². The number of rotatable bonds is 7. The number of methoxy groups -OCH3 is 2. The molecule has 0 bridgehead atoms. The number of halogens is 1. The van der Waals surface area contributed by atoms with Gasteiger partial charge in [-0.25, -0.2) is 0 Å². The standard InChI is InChI=1S/C24H29ClN2O4/c1-4-31-24-21(25)16-18(17-22(24)30-3)6-11-23(28)27-13-5-12-26(14-15-27)19-7-9-20(29-2)10-8-19/h6-11,16-17H,4-5,12-15H2,1-3H3/b11-6+. The molecule has 0 N–H and O–H groups in total. The predicted molar refractivity (Wildman–Crippen MR) is 125 cm³/mol. The summed E-state index contributed by atoms with van der Waals surface area (Å²) in [5.41, 5.74) is 1.93. The smallest absolute Gasteiger partial charge is 0.246 e. The molecule has 0 radical (unpaired) electrons. The Balaban J connectivity index is 1.64. The second kappa shape index (κ2) is 11.0. The van der Waals surface area contributed by atoms with Crippen molar-refractivity contribution in [3.05, 3.63) is 53.1 Å². The maximum absolute atomic E-state index is 12.8. The maximum Gasteiger partial charge on any atom is 0.246 e. The number of anilines is 1. The molecule has 1 heterocycles. The first kappa shape index (κ1) is 22.8. The molecule has 0 atom stereocenters. The highest BCUT2D eigenvalue weighted by atomic mass is 35.5. The fourth-order valence-corrected chi connectivity index (χ4v) is 3.86. The molecule has 2 aromatic carbocycles. The first-order chi connectivity index (χ1) is 15.0. The van der Waals surface area contributed by atoms with Gasteiger partial charge in [0.25, 0.3) is 0 Å². The highest BCUT2D eigenvalue weighted by Crippen LogP contribution is 2.36. The highest BCUT2D eigenvalue weighted by Gasteiger charge is 2.18. The third-order valence-corrected chi connectivity index (χ3v) is 5.48. The van der Waals surface area contributed by atoms with E-state index in [1.165, 1.54) is 0 Å². The van der Waals surface area contributed by atoms with Gasteiger partial charge in [0, 0.05) is 37.9 Å². The molecular weight excluding hydrogens is 416 g/mol. The molecule has 6 nitrogen and oxygen atoms in total. The first-order valence-corrected chi connectivity index (χ1v) is 10.8. The van der Waals surface area contributed by atoms with Crippen LogP contribution in [0.4, 0.5) is 5.69 Å². The van der Waals surface area contributed by atoms with Gasteiger partial charge in [0.15, 0.2) is 11.5 Å². The molecule has 0 unspecified atom stereocenters. The second-order valence-electron chi connectivity index (χ2n) is 7.16. The van der Waals surface area contributed by atoms with E-state index < -0.39 is 0 Å². The molecule has 1 fully saturated rings. The summed E-state index contributed by atoms with van der Waals surface area (Å²) in [6.07, 6.45) is 4.27. The maximum atomic E-state index is 12.8. The van der Waals surface area contributed by atoms with Crippen LogP contribution in [0.1, 0.15) is 18.9 Å². The van der Waals surface area contributed by atoms with Gasteiger partial charge >= 0.3 is 0 Å². The minimum atomic E-state index is -0.0134. The van der Waals surface area contributed by atoms with Crippen molar-refractivity contribution in [2.45, 2.75) is 13.3 Å². The van der Waals surface area contributed by atoms with E-state index in [1.807, 2.05) is 30.0 Å². The number of ether oxygens (including phenoxy) is 3. The number of carbonyl (C=O) groups is 1. The lowest BCUT2D eigenvalue weighted by Crippen LogP contribution is -2.34. The van der Waals surface area contributed by atoms with Crippen LogP contribution in [0.25, 0.3) is 6.08 Å². The zero-order valence-corrected chi connectivity index (χ0v) is 19.0. The molecule has 1 aliphatic heterocycles. The molecule has 2 aromatic rings. The van der Waals surface area contributed by atoms with E-state index in [9.17, 15) is 4.79 Å². The van der Waals surface area contributed by atoms with E-state index in [4.69, 9.17) is 25.8 Å². The second-order valence-corrected chi connectivity index (χ2v) is 7.57. The van der Waals surface area contributed by atoms with Gasteiger partial charge in [-0.2, -0.15) is 0 Å². The van der Waals surface area contributed by atoms with Crippen LogP contribution in [-0.2, 0) is 4.79 Å². The third kappa shape index (κ3) is 5.85.